The second kappa shape index (κ2) is 14.2. The summed E-state index contributed by atoms with van der Waals surface area (Å²) in [5, 5.41) is 8.21. The van der Waals surface area contributed by atoms with Crippen molar-refractivity contribution >= 4 is 29.4 Å². The summed E-state index contributed by atoms with van der Waals surface area (Å²) in [5.41, 5.74) is 2.13. The number of ether oxygens (including phenoxy) is 4. The molecule has 11 heteroatoms. The first-order valence-electron chi connectivity index (χ1n) is 15.5. The Morgan fingerprint density at radius 1 is 1.11 bits per heavy atom. The van der Waals surface area contributed by atoms with Gasteiger partial charge in [-0.25, -0.2) is 4.79 Å². The average Bonchev–Trinajstić information content (AvgIpc) is 3.89. The zero-order valence-corrected chi connectivity index (χ0v) is 26.7. The van der Waals surface area contributed by atoms with Crippen molar-refractivity contribution in [3.63, 3.8) is 0 Å². The van der Waals surface area contributed by atoms with Gasteiger partial charge in [-0.1, -0.05) is 23.8 Å². The van der Waals surface area contributed by atoms with E-state index in [1.165, 1.54) is 12.5 Å². The molecule has 1 saturated carbocycles. The molecule has 242 valence electrons. The number of alkyl carbamates (subject to hydrolysis) is 1. The molecule has 1 aromatic carbocycles. The zero-order valence-electron chi connectivity index (χ0n) is 26.7. The van der Waals surface area contributed by atoms with Crippen LogP contribution in [0, 0.1) is 5.92 Å². The van der Waals surface area contributed by atoms with Crippen LogP contribution in [0.4, 0.5) is 10.5 Å². The second-order valence-corrected chi connectivity index (χ2v) is 12.7. The number of Topliss-reactive ketones (excluding diaryl/α,β-unsaturated/α-hetero) is 1. The molecule has 0 aromatic heterocycles. The summed E-state index contributed by atoms with van der Waals surface area (Å²) < 4.78 is 24.1. The Labute approximate surface area is 259 Å². The molecule has 0 bridgehead atoms. The Hall–Kier alpha value is -3.28. The number of rotatable bonds is 14. The van der Waals surface area contributed by atoms with Crippen molar-refractivity contribution in [2.45, 2.75) is 109 Å². The first-order chi connectivity index (χ1) is 20.9. The highest BCUT2D eigenvalue weighted by molar-refractivity contribution is 5.97. The van der Waals surface area contributed by atoms with Crippen LogP contribution < -0.4 is 16.0 Å². The number of carbonyl (C=O) groups excluding carboxylic acids is 4. The van der Waals surface area contributed by atoms with E-state index >= 15 is 0 Å². The minimum absolute atomic E-state index is 0.0351. The van der Waals surface area contributed by atoms with Crippen molar-refractivity contribution in [2.75, 3.05) is 25.6 Å². The molecule has 1 aromatic rings. The largest absolute Gasteiger partial charge is 0.443 e. The van der Waals surface area contributed by atoms with Gasteiger partial charge in [0, 0.05) is 32.2 Å². The quantitative estimate of drug-likeness (QED) is 0.212. The van der Waals surface area contributed by atoms with Gasteiger partial charge in [0.05, 0.1) is 18.6 Å². The summed E-state index contributed by atoms with van der Waals surface area (Å²) >= 11 is 0. The van der Waals surface area contributed by atoms with Gasteiger partial charge in [0.1, 0.15) is 35.2 Å². The van der Waals surface area contributed by atoms with E-state index in [-0.39, 0.29) is 54.2 Å². The Balaban J connectivity index is 1.22. The van der Waals surface area contributed by atoms with Gasteiger partial charge in [0.2, 0.25) is 11.8 Å². The minimum atomic E-state index is -0.743. The summed E-state index contributed by atoms with van der Waals surface area (Å²) in [6.07, 6.45) is 4.09. The molecule has 3 N–H and O–H groups in total. The standard InChI is InChI=1S/C33H47N3O8/c1-20(2)7-13-26-32(5,44-26)29-28(41-6)25(15-17-33(29)19-42-33)43-31(40)34-18-16-23-9-11-24(12-10-23)36-30(39)22(4)35-27(38)14-8-21(3)37/h7,9-12,22,25-26,28-29H,8,13-19H2,1-6H3,(H,34,40)(H,35,38)(H,36,39)/t22-,25+,26?,28+,29+,32?,33-/m0/s1. The Morgan fingerprint density at radius 3 is 2.43 bits per heavy atom. The number of amides is 3. The molecule has 3 amide bonds. The van der Waals surface area contributed by atoms with Gasteiger partial charge in [-0.05, 0) is 78.0 Å². The summed E-state index contributed by atoms with van der Waals surface area (Å²) in [6, 6.07) is 6.52. The van der Waals surface area contributed by atoms with Crippen molar-refractivity contribution < 1.29 is 38.1 Å². The maximum Gasteiger partial charge on any atom is 0.407 e. The SMILES string of the molecule is CO[C@H]1[C@H](C2(C)OC2CC=C(C)C)[C@]2(CC[C@H]1OC(=O)NCCc1ccc(NC(=O)[C@H](C)NC(=O)CCC(C)=O)cc1)CO2. The van der Waals surface area contributed by atoms with Crippen molar-refractivity contribution in [1.82, 2.24) is 10.6 Å². The molecule has 4 rings (SSSR count). The van der Waals surface area contributed by atoms with Crippen LogP contribution in [-0.4, -0.2) is 79.5 Å². The lowest BCUT2D eigenvalue weighted by molar-refractivity contribution is -0.127. The number of methoxy groups -OCH3 is 1. The van der Waals surface area contributed by atoms with Gasteiger partial charge in [-0.2, -0.15) is 0 Å². The first-order valence-corrected chi connectivity index (χ1v) is 15.5. The molecule has 2 saturated heterocycles. The number of ketones is 1. The van der Waals surface area contributed by atoms with E-state index in [0.717, 1.165) is 18.4 Å². The third-order valence-electron chi connectivity index (χ3n) is 8.87. The smallest absolute Gasteiger partial charge is 0.407 e. The number of hydrogen-bond donors (Lipinski definition) is 3. The van der Waals surface area contributed by atoms with Gasteiger partial charge in [0.25, 0.3) is 0 Å². The third kappa shape index (κ3) is 8.46. The monoisotopic (exact) mass is 613 g/mol. The van der Waals surface area contributed by atoms with E-state index in [4.69, 9.17) is 18.9 Å². The lowest BCUT2D eigenvalue weighted by atomic mass is 9.68. The summed E-state index contributed by atoms with van der Waals surface area (Å²) in [5.74, 6) is -0.818. The zero-order chi connectivity index (χ0) is 32.1. The molecule has 1 aliphatic carbocycles. The van der Waals surface area contributed by atoms with Crippen molar-refractivity contribution in [3.05, 3.63) is 41.5 Å². The van der Waals surface area contributed by atoms with Crippen LogP contribution in [0.1, 0.15) is 72.3 Å². The number of epoxide rings is 2. The van der Waals surface area contributed by atoms with Crippen LogP contribution in [0.3, 0.4) is 0 Å². The number of carbonyl (C=O) groups is 4. The maximum atomic E-state index is 12.8. The van der Waals surface area contributed by atoms with Gasteiger partial charge in [-0.3, -0.25) is 9.59 Å². The van der Waals surface area contributed by atoms with Crippen LogP contribution >= 0.6 is 0 Å². The summed E-state index contributed by atoms with van der Waals surface area (Å²) in [7, 11) is 1.66. The average molecular weight is 614 g/mol. The maximum absolute atomic E-state index is 12.8. The number of allylic oxidation sites excluding steroid dienone is 1. The molecule has 11 nitrogen and oxygen atoms in total. The van der Waals surface area contributed by atoms with Gasteiger partial charge >= 0.3 is 6.09 Å². The highest BCUT2D eigenvalue weighted by Gasteiger charge is 2.72. The molecule has 2 heterocycles. The van der Waals surface area contributed by atoms with Gasteiger partial charge in [-0.15, -0.1) is 0 Å². The third-order valence-corrected chi connectivity index (χ3v) is 8.87. The predicted octanol–water partition coefficient (Wildman–Crippen LogP) is 3.84. The number of hydrogen-bond acceptors (Lipinski definition) is 8. The van der Waals surface area contributed by atoms with Crippen LogP contribution in [0.5, 0.6) is 0 Å². The molecule has 1 spiro atoms. The molecule has 2 aliphatic heterocycles. The predicted molar refractivity (Wildman–Crippen MR) is 164 cm³/mol. The molecule has 44 heavy (non-hydrogen) atoms. The molecule has 3 aliphatic rings. The summed E-state index contributed by atoms with van der Waals surface area (Å²) in [4.78, 5) is 48.2. The van der Waals surface area contributed by atoms with Crippen molar-refractivity contribution in [2.24, 2.45) is 5.92 Å². The van der Waals surface area contributed by atoms with E-state index in [2.05, 4.69) is 42.8 Å². The number of nitrogens with one attached hydrogen (secondary N) is 3. The van der Waals surface area contributed by atoms with E-state index in [1.807, 2.05) is 12.1 Å². The first kappa shape index (κ1) is 33.6. The molecule has 0 radical (unpaired) electrons. The molecule has 3 fully saturated rings. The van der Waals surface area contributed by atoms with E-state index in [9.17, 15) is 19.2 Å². The molecular weight excluding hydrogens is 566 g/mol. The van der Waals surface area contributed by atoms with Crippen molar-refractivity contribution in [3.8, 4) is 0 Å². The van der Waals surface area contributed by atoms with E-state index < -0.39 is 23.8 Å². The normalized spacial score (nSPS) is 29.2. The minimum Gasteiger partial charge on any atom is -0.443 e. The highest BCUT2D eigenvalue weighted by Crippen LogP contribution is 2.59. The lowest BCUT2D eigenvalue weighted by Gasteiger charge is -2.42. The number of anilines is 1. The topological polar surface area (TPSA) is 148 Å². The Morgan fingerprint density at radius 2 is 1.82 bits per heavy atom. The van der Waals surface area contributed by atoms with Crippen LogP contribution in [0.25, 0.3) is 0 Å². The van der Waals surface area contributed by atoms with Crippen LogP contribution in [0.2, 0.25) is 0 Å². The molecular formula is C33H47N3O8. The Bertz CT molecular complexity index is 1240. The summed E-state index contributed by atoms with van der Waals surface area (Å²) in [6.45, 7) is 10.3. The second-order valence-electron chi connectivity index (χ2n) is 12.7. The van der Waals surface area contributed by atoms with Crippen LogP contribution in [-0.2, 0) is 39.8 Å². The van der Waals surface area contributed by atoms with Gasteiger partial charge in [0.15, 0.2) is 0 Å². The molecule has 2 unspecified atom stereocenters. The fourth-order valence-corrected chi connectivity index (χ4v) is 6.23. The highest BCUT2D eigenvalue weighted by atomic mass is 16.6. The molecule has 7 atom stereocenters. The van der Waals surface area contributed by atoms with Crippen molar-refractivity contribution in [1.29, 1.82) is 0 Å². The number of benzene rings is 1. The van der Waals surface area contributed by atoms with E-state index in [0.29, 0.717) is 31.7 Å². The fourth-order valence-electron chi connectivity index (χ4n) is 6.23. The fraction of sp³-hybridized carbons (Fsp3) is 0.636. The lowest BCUT2D eigenvalue weighted by Crippen LogP contribution is -2.56. The Kier molecular flexibility index (Phi) is 10.9. The van der Waals surface area contributed by atoms with E-state index in [1.54, 1.807) is 26.2 Å². The van der Waals surface area contributed by atoms with Crippen LogP contribution in [0.15, 0.2) is 35.9 Å². The van der Waals surface area contributed by atoms with Gasteiger partial charge < -0.3 is 39.7 Å².